The van der Waals surface area contributed by atoms with Gasteiger partial charge in [0.15, 0.2) is 0 Å². The fourth-order valence-corrected chi connectivity index (χ4v) is 1.62. The van der Waals surface area contributed by atoms with E-state index in [0.29, 0.717) is 6.61 Å². The molecule has 0 amide bonds. The third-order valence-electron chi connectivity index (χ3n) is 2.42. The Morgan fingerprint density at radius 1 is 1.12 bits per heavy atom. The molecule has 0 aliphatic heterocycles. The van der Waals surface area contributed by atoms with Gasteiger partial charge in [-0.2, -0.15) is 0 Å². The van der Waals surface area contributed by atoms with Crippen molar-refractivity contribution in [2.45, 2.75) is 19.6 Å². The molecule has 90 valence electrons. The normalized spacial score (nSPS) is 12.3. The molecule has 0 saturated heterocycles. The largest absolute Gasteiger partial charge is 0.496 e. The lowest BCUT2D eigenvalue weighted by Crippen LogP contribution is -2.08. The number of methoxy groups -OCH3 is 3. The van der Waals surface area contributed by atoms with Gasteiger partial charge in [-0.1, -0.05) is 0 Å². The van der Waals surface area contributed by atoms with Gasteiger partial charge in [-0.05, 0) is 13.0 Å². The van der Waals surface area contributed by atoms with Crippen molar-refractivity contribution in [3.63, 3.8) is 0 Å². The summed E-state index contributed by atoms with van der Waals surface area (Å²) in [6.07, 6.45) is 0. The van der Waals surface area contributed by atoms with Crippen molar-refractivity contribution in [3.05, 3.63) is 23.3 Å². The van der Waals surface area contributed by atoms with Crippen LogP contribution in [0.2, 0.25) is 0 Å². The minimum Gasteiger partial charge on any atom is -0.496 e. The van der Waals surface area contributed by atoms with Gasteiger partial charge in [0.05, 0.1) is 20.8 Å². The minimum absolute atomic E-state index is 0.0866. The molecular formula is C12H19NO3. The monoisotopic (exact) mass is 225 g/mol. The molecule has 0 heterocycles. The van der Waals surface area contributed by atoms with Gasteiger partial charge in [0, 0.05) is 30.3 Å². The van der Waals surface area contributed by atoms with E-state index in [9.17, 15) is 0 Å². The summed E-state index contributed by atoms with van der Waals surface area (Å²) in [7, 11) is 4.89. The SMILES string of the molecule is COCc1cc(C(C)N)c(OC)cc1OC. The number of rotatable bonds is 5. The standard InChI is InChI=1S/C12H19NO3/c1-8(13)10-5-9(7-14-2)11(15-3)6-12(10)16-4/h5-6,8H,7,13H2,1-4H3. The molecule has 2 N–H and O–H groups in total. The highest BCUT2D eigenvalue weighted by Gasteiger charge is 2.13. The second kappa shape index (κ2) is 5.72. The van der Waals surface area contributed by atoms with Crippen LogP contribution < -0.4 is 15.2 Å². The number of hydrogen-bond donors (Lipinski definition) is 1. The first kappa shape index (κ1) is 12.8. The molecule has 1 unspecified atom stereocenters. The van der Waals surface area contributed by atoms with Crippen LogP contribution in [0.4, 0.5) is 0 Å². The van der Waals surface area contributed by atoms with E-state index >= 15 is 0 Å². The van der Waals surface area contributed by atoms with E-state index in [0.717, 1.165) is 22.6 Å². The number of nitrogens with two attached hydrogens (primary N) is 1. The van der Waals surface area contributed by atoms with E-state index in [1.807, 2.05) is 19.1 Å². The summed E-state index contributed by atoms with van der Waals surface area (Å²) in [5.74, 6) is 1.50. The molecule has 4 heteroatoms. The van der Waals surface area contributed by atoms with Crippen LogP contribution in [-0.2, 0) is 11.3 Å². The van der Waals surface area contributed by atoms with E-state index < -0.39 is 0 Å². The Hall–Kier alpha value is -1.26. The second-order valence-corrected chi connectivity index (χ2v) is 3.63. The van der Waals surface area contributed by atoms with Gasteiger partial charge in [0.25, 0.3) is 0 Å². The van der Waals surface area contributed by atoms with Crippen molar-refractivity contribution in [1.29, 1.82) is 0 Å². The molecule has 0 bridgehead atoms. The smallest absolute Gasteiger partial charge is 0.128 e. The molecule has 4 nitrogen and oxygen atoms in total. The topological polar surface area (TPSA) is 53.7 Å². The average molecular weight is 225 g/mol. The summed E-state index contributed by atoms with van der Waals surface area (Å²) in [6.45, 7) is 2.41. The first-order valence-corrected chi connectivity index (χ1v) is 5.13. The van der Waals surface area contributed by atoms with E-state index in [2.05, 4.69) is 0 Å². The first-order valence-electron chi connectivity index (χ1n) is 5.13. The van der Waals surface area contributed by atoms with Crippen LogP contribution in [0.3, 0.4) is 0 Å². The van der Waals surface area contributed by atoms with E-state index in [4.69, 9.17) is 19.9 Å². The third kappa shape index (κ3) is 2.65. The molecule has 0 aliphatic rings. The predicted octanol–water partition coefficient (Wildman–Crippen LogP) is 1.87. The van der Waals surface area contributed by atoms with Crippen LogP contribution in [0, 0.1) is 0 Å². The van der Waals surface area contributed by atoms with E-state index in [-0.39, 0.29) is 6.04 Å². The Kier molecular flexibility index (Phi) is 4.58. The van der Waals surface area contributed by atoms with Crippen LogP contribution in [0.25, 0.3) is 0 Å². The van der Waals surface area contributed by atoms with Gasteiger partial charge in [-0.15, -0.1) is 0 Å². The molecule has 0 radical (unpaired) electrons. The Bertz CT molecular complexity index is 350. The van der Waals surface area contributed by atoms with Crippen molar-refractivity contribution in [3.8, 4) is 11.5 Å². The Labute approximate surface area is 96.3 Å². The molecule has 1 aromatic carbocycles. The second-order valence-electron chi connectivity index (χ2n) is 3.63. The van der Waals surface area contributed by atoms with Crippen molar-refractivity contribution in [2.75, 3.05) is 21.3 Å². The lowest BCUT2D eigenvalue weighted by molar-refractivity contribution is 0.181. The highest BCUT2D eigenvalue weighted by molar-refractivity contribution is 5.47. The zero-order chi connectivity index (χ0) is 12.1. The molecular weight excluding hydrogens is 206 g/mol. The van der Waals surface area contributed by atoms with Crippen molar-refractivity contribution >= 4 is 0 Å². The first-order chi connectivity index (χ1) is 7.63. The minimum atomic E-state index is -0.0866. The fourth-order valence-electron chi connectivity index (χ4n) is 1.62. The zero-order valence-electron chi connectivity index (χ0n) is 10.2. The molecule has 0 saturated carbocycles. The quantitative estimate of drug-likeness (QED) is 0.831. The third-order valence-corrected chi connectivity index (χ3v) is 2.42. The molecule has 1 rings (SSSR count). The number of ether oxygens (including phenoxy) is 3. The molecule has 16 heavy (non-hydrogen) atoms. The molecule has 0 aromatic heterocycles. The summed E-state index contributed by atoms with van der Waals surface area (Å²) in [5.41, 5.74) is 7.81. The maximum absolute atomic E-state index is 5.89. The van der Waals surface area contributed by atoms with Crippen LogP contribution in [0.15, 0.2) is 12.1 Å². The van der Waals surface area contributed by atoms with Crippen LogP contribution in [0.5, 0.6) is 11.5 Å². The zero-order valence-corrected chi connectivity index (χ0v) is 10.2. The van der Waals surface area contributed by atoms with Gasteiger partial charge in [-0.3, -0.25) is 0 Å². The van der Waals surface area contributed by atoms with Crippen molar-refractivity contribution < 1.29 is 14.2 Å². The predicted molar refractivity (Wildman–Crippen MR) is 62.9 cm³/mol. The summed E-state index contributed by atoms with van der Waals surface area (Å²) in [6, 6.07) is 3.72. The highest BCUT2D eigenvalue weighted by atomic mass is 16.5. The van der Waals surface area contributed by atoms with Gasteiger partial charge >= 0.3 is 0 Å². The summed E-state index contributed by atoms with van der Waals surface area (Å²) < 4.78 is 15.7. The molecule has 1 aromatic rings. The highest BCUT2D eigenvalue weighted by Crippen LogP contribution is 2.32. The molecule has 0 aliphatic carbocycles. The summed E-state index contributed by atoms with van der Waals surface area (Å²) >= 11 is 0. The van der Waals surface area contributed by atoms with E-state index in [1.165, 1.54) is 0 Å². The van der Waals surface area contributed by atoms with E-state index in [1.54, 1.807) is 21.3 Å². The van der Waals surface area contributed by atoms with Gasteiger partial charge in [0.1, 0.15) is 11.5 Å². The maximum atomic E-state index is 5.89. The maximum Gasteiger partial charge on any atom is 0.128 e. The molecule has 1 atom stereocenters. The van der Waals surface area contributed by atoms with Gasteiger partial charge in [0.2, 0.25) is 0 Å². The van der Waals surface area contributed by atoms with Crippen molar-refractivity contribution in [2.24, 2.45) is 5.73 Å². The van der Waals surface area contributed by atoms with Gasteiger partial charge < -0.3 is 19.9 Å². The number of hydrogen-bond acceptors (Lipinski definition) is 4. The Balaban J connectivity index is 3.23. The lowest BCUT2D eigenvalue weighted by Gasteiger charge is -2.16. The summed E-state index contributed by atoms with van der Waals surface area (Å²) in [4.78, 5) is 0. The van der Waals surface area contributed by atoms with Gasteiger partial charge in [-0.25, -0.2) is 0 Å². The van der Waals surface area contributed by atoms with Crippen LogP contribution in [0.1, 0.15) is 24.1 Å². The van der Waals surface area contributed by atoms with Crippen molar-refractivity contribution in [1.82, 2.24) is 0 Å². The lowest BCUT2D eigenvalue weighted by atomic mass is 10.0. The molecule has 0 spiro atoms. The molecule has 0 fully saturated rings. The van der Waals surface area contributed by atoms with Crippen LogP contribution in [-0.4, -0.2) is 21.3 Å². The fraction of sp³-hybridized carbons (Fsp3) is 0.500. The van der Waals surface area contributed by atoms with Crippen LogP contribution >= 0.6 is 0 Å². The summed E-state index contributed by atoms with van der Waals surface area (Å²) in [5, 5.41) is 0. The Morgan fingerprint density at radius 2 is 1.75 bits per heavy atom. The average Bonchev–Trinajstić information content (AvgIpc) is 2.28. The number of benzene rings is 1. The Morgan fingerprint density at radius 3 is 2.19 bits per heavy atom.